The molecule has 2 heterocycles. The summed E-state index contributed by atoms with van der Waals surface area (Å²) < 4.78 is 12.8. The molecule has 0 saturated carbocycles. The van der Waals surface area contributed by atoms with Gasteiger partial charge in [-0.1, -0.05) is 41.9 Å². The van der Waals surface area contributed by atoms with E-state index in [1.54, 1.807) is 16.8 Å². The van der Waals surface area contributed by atoms with Crippen molar-refractivity contribution in [2.75, 3.05) is 6.61 Å². The number of carbonyl (C=O) groups is 1. The molecule has 28 heavy (non-hydrogen) atoms. The molecule has 1 aliphatic heterocycles. The third kappa shape index (κ3) is 3.57. The second kappa shape index (κ2) is 7.74. The number of benzene rings is 2. The van der Waals surface area contributed by atoms with Crippen molar-refractivity contribution in [2.45, 2.75) is 13.0 Å². The number of aromatic nitrogens is 2. The summed E-state index contributed by atoms with van der Waals surface area (Å²) >= 11 is 6.44. The molecule has 0 aliphatic carbocycles. The van der Waals surface area contributed by atoms with Gasteiger partial charge in [0.05, 0.1) is 23.2 Å². The first-order chi connectivity index (χ1) is 13.6. The van der Waals surface area contributed by atoms with Gasteiger partial charge in [0.15, 0.2) is 11.5 Å². The predicted octanol–water partition coefficient (Wildman–Crippen LogP) is 3.12. The molecule has 1 aromatic heterocycles. The molecular formula is C20H17ClN4O3. The van der Waals surface area contributed by atoms with Crippen LogP contribution in [0.4, 0.5) is 0 Å². The summed E-state index contributed by atoms with van der Waals surface area (Å²) in [7, 11) is 0. The minimum absolute atomic E-state index is 0.115. The van der Waals surface area contributed by atoms with Crippen LogP contribution < -0.4 is 14.9 Å². The smallest absolute Gasteiger partial charge is 0.284 e. The van der Waals surface area contributed by atoms with Crippen molar-refractivity contribution >= 4 is 23.7 Å². The summed E-state index contributed by atoms with van der Waals surface area (Å²) in [6, 6.07) is 16.7. The SMILES string of the molecule is Cc1nn(-c2ccccc2)c(Cl)c1C=NNC(=O)C1COc2ccccc2O1. The van der Waals surface area contributed by atoms with E-state index in [1.807, 2.05) is 49.4 Å². The van der Waals surface area contributed by atoms with E-state index in [1.165, 1.54) is 6.21 Å². The number of aryl methyl sites for hydroxylation is 1. The summed E-state index contributed by atoms with van der Waals surface area (Å²) in [6.07, 6.45) is 0.690. The minimum Gasteiger partial charge on any atom is -0.485 e. The van der Waals surface area contributed by atoms with Gasteiger partial charge in [-0.15, -0.1) is 0 Å². The maximum atomic E-state index is 12.3. The lowest BCUT2D eigenvalue weighted by Crippen LogP contribution is -2.42. The van der Waals surface area contributed by atoms with Gasteiger partial charge in [0.1, 0.15) is 11.8 Å². The van der Waals surface area contributed by atoms with E-state index in [0.717, 1.165) is 5.69 Å². The lowest BCUT2D eigenvalue weighted by molar-refractivity contribution is -0.130. The Morgan fingerprint density at radius 2 is 1.93 bits per heavy atom. The van der Waals surface area contributed by atoms with Crippen LogP contribution in [-0.4, -0.2) is 34.6 Å². The Kier molecular flexibility index (Phi) is 4.99. The average Bonchev–Trinajstić information content (AvgIpc) is 3.02. The third-order valence-electron chi connectivity index (χ3n) is 4.22. The van der Waals surface area contributed by atoms with Crippen LogP contribution in [-0.2, 0) is 4.79 Å². The molecule has 1 N–H and O–H groups in total. The molecule has 4 rings (SSSR count). The van der Waals surface area contributed by atoms with Gasteiger partial charge < -0.3 is 9.47 Å². The summed E-state index contributed by atoms with van der Waals surface area (Å²) in [6.45, 7) is 1.94. The number of ether oxygens (including phenoxy) is 2. The van der Waals surface area contributed by atoms with Crippen LogP contribution in [0.1, 0.15) is 11.3 Å². The second-order valence-corrected chi connectivity index (χ2v) is 6.49. The molecule has 0 bridgehead atoms. The van der Waals surface area contributed by atoms with Crippen molar-refractivity contribution in [1.82, 2.24) is 15.2 Å². The van der Waals surface area contributed by atoms with Crippen LogP contribution in [0, 0.1) is 6.92 Å². The van der Waals surface area contributed by atoms with E-state index in [2.05, 4.69) is 15.6 Å². The van der Waals surface area contributed by atoms with Crippen LogP contribution in [0.3, 0.4) is 0 Å². The van der Waals surface area contributed by atoms with Gasteiger partial charge in [0.2, 0.25) is 6.10 Å². The molecule has 1 atom stereocenters. The Hall–Kier alpha value is -3.32. The van der Waals surface area contributed by atoms with Gasteiger partial charge >= 0.3 is 0 Å². The Morgan fingerprint density at radius 3 is 2.71 bits per heavy atom. The molecule has 0 spiro atoms. The highest BCUT2D eigenvalue weighted by Gasteiger charge is 2.27. The van der Waals surface area contributed by atoms with Gasteiger partial charge in [-0.05, 0) is 31.2 Å². The topological polar surface area (TPSA) is 77.7 Å². The molecule has 0 fully saturated rings. The Balaban J connectivity index is 1.44. The predicted molar refractivity (Wildman–Crippen MR) is 105 cm³/mol. The standard InChI is InChI=1S/C20H17ClN4O3/c1-13-15(19(21)25(24-13)14-7-3-2-4-8-14)11-22-23-20(26)18-12-27-16-9-5-6-10-17(16)28-18/h2-11,18H,12H2,1H3,(H,23,26). The lowest BCUT2D eigenvalue weighted by Gasteiger charge is -2.24. The fourth-order valence-corrected chi connectivity index (χ4v) is 3.10. The Morgan fingerprint density at radius 1 is 1.21 bits per heavy atom. The Labute approximate surface area is 166 Å². The largest absolute Gasteiger partial charge is 0.485 e. The number of carbonyl (C=O) groups excluding carboxylic acids is 1. The fraction of sp³-hybridized carbons (Fsp3) is 0.150. The van der Waals surface area contributed by atoms with Crippen molar-refractivity contribution in [3.05, 3.63) is 71.0 Å². The zero-order valence-electron chi connectivity index (χ0n) is 15.0. The van der Waals surface area contributed by atoms with Crippen LogP contribution in [0.15, 0.2) is 59.7 Å². The van der Waals surface area contributed by atoms with E-state index in [0.29, 0.717) is 27.9 Å². The molecule has 0 radical (unpaired) electrons. The molecule has 1 unspecified atom stereocenters. The zero-order valence-corrected chi connectivity index (χ0v) is 15.8. The molecule has 7 nitrogen and oxygen atoms in total. The molecule has 1 aliphatic rings. The van der Waals surface area contributed by atoms with Crippen LogP contribution >= 0.6 is 11.6 Å². The van der Waals surface area contributed by atoms with Gasteiger partial charge in [0.25, 0.3) is 5.91 Å². The van der Waals surface area contributed by atoms with Gasteiger partial charge in [-0.3, -0.25) is 4.79 Å². The zero-order chi connectivity index (χ0) is 19.5. The third-order valence-corrected chi connectivity index (χ3v) is 4.58. The summed E-state index contributed by atoms with van der Waals surface area (Å²) in [4.78, 5) is 12.3. The number of amides is 1. The van der Waals surface area contributed by atoms with Crippen LogP contribution in [0.5, 0.6) is 11.5 Å². The molecule has 142 valence electrons. The molecule has 1 amide bonds. The first-order valence-corrected chi connectivity index (χ1v) is 9.03. The number of nitrogens with zero attached hydrogens (tertiary/aromatic N) is 3. The van der Waals surface area contributed by atoms with E-state index in [4.69, 9.17) is 21.1 Å². The number of hydrazone groups is 1. The van der Waals surface area contributed by atoms with Crippen molar-refractivity contribution in [1.29, 1.82) is 0 Å². The second-order valence-electron chi connectivity index (χ2n) is 6.14. The first kappa shape index (κ1) is 18.1. The summed E-state index contributed by atoms with van der Waals surface area (Å²) in [5.41, 5.74) is 4.62. The van der Waals surface area contributed by atoms with E-state index in [9.17, 15) is 4.79 Å². The number of hydrogen-bond donors (Lipinski definition) is 1. The van der Waals surface area contributed by atoms with E-state index < -0.39 is 12.0 Å². The van der Waals surface area contributed by atoms with E-state index >= 15 is 0 Å². The van der Waals surface area contributed by atoms with Gasteiger partial charge in [-0.25, -0.2) is 10.1 Å². The number of hydrogen-bond acceptors (Lipinski definition) is 5. The monoisotopic (exact) mass is 396 g/mol. The maximum absolute atomic E-state index is 12.3. The highest BCUT2D eigenvalue weighted by atomic mass is 35.5. The van der Waals surface area contributed by atoms with Crippen LogP contribution in [0.25, 0.3) is 5.69 Å². The maximum Gasteiger partial charge on any atom is 0.284 e. The molecule has 3 aromatic rings. The van der Waals surface area contributed by atoms with Gasteiger partial charge in [0, 0.05) is 0 Å². The normalized spacial score (nSPS) is 15.6. The molecule has 8 heteroatoms. The summed E-state index contributed by atoms with van der Waals surface area (Å²) in [5.74, 6) is 0.738. The number of para-hydroxylation sites is 3. The van der Waals surface area contributed by atoms with Crippen molar-refractivity contribution in [3.63, 3.8) is 0 Å². The van der Waals surface area contributed by atoms with Crippen molar-refractivity contribution < 1.29 is 14.3 Å². The van der Waals surface area contributed by atoms with Crippen LogP contribution in [0.2, 0.25) is 5.15 Å². The van der Waals surface area contributed by atoms with Crippen molar-refractivity contribution in [3.8, 4) is 17.2 Å². The lowest BCUT2D eigenvalue weighted by atomic mass is 10.2. The summed E-state index contributed by atoms with van der Waals surface area (Å²) in [5, 5.41) is 8.84. The minimum atomic E-state index is -0.782. The number of nitrogens with one attached hydrogen (secondary N) is 1. The first-order valence-electron chi connectivity index (χ1n) is 8.65. The van der Waals surface area contributed by atoms with Gasteiger partial charge in [-0.2, -0.15) is 10.2 Å². The molecular weight excluding hydrogens is 380 g/mol. The highest BCUT2D eigenvalue weighted by Crippen LogP contribution is 2.30. The number of fused-ring (bicyclic) bond motifs is 1. The van der Waals surface area contributed by atoms with E-state index in [-0.39, 0.29) is 6.61 Å². The Bertz CT molecular complexity index is 1030. The fourth-order valence-electron chi connectivity index (χ4n) is 2.78. The highest BCUT2D eigenvalue weighted by molar-refractivity contribution is 6.32. The average molecular weight is 397 g/mol. The number of halogens is 1. The number of rotatable bonds is 4. The molecule has 0 saturated heterocycles. The van der Waals surface area contributed by atoms with Crippen molar-refractivity contribution in [2.24, 2.45) is 5.10 Å². The molecule has 2 aromatic carbocycles. The quantitative estimate of drug-likeness (QED) is 0.543.